The fourth-order valence-electron chi connectivity index (χ4n) is 2.48. The van der Waals surface area contributed by atoms with E-state index in [0.29, 0.717) is 6.42 Å². The summed E-state index contributed by atoms with van der Waals surface area (Å²) in [5, 5.41) is 0.102. The second-order valence-corrected chi connectivity index (χ2v) is 7.66. The molecule has 0 aliphatic heterocycles. The molecule has 0 aliphatic rings. The molecule has 0 saturated heterocycles. The predicted molar refractivity (Wildman–Crippen MR) is 105 cm³/mol. The molecule has 1 unspecified atom stereocenters. The van der Waals surface area contributed by atoms with Crippen molar-refractivity contribution in [2.75, 3.05) is 0 Å². The van der Waals surface area contributed by atoms with Crippen LogP contribution in [0.25, 0.3) is 0 Å². The van der Waals surface area contributed by atoms with Crippen LogP contribution in [0, 0.1) is 0 Å². The summed E-state index contributed by atoms with van der Waals surface area (Å²) in [5.74, 6) is 0.166. The highest BCUT2D eigenvalue weighted by Gasteiger charge is 2.18. The Hall–Kier alpha value is -1.84. The molecule has 3 aromatic carbocycles. The molecule has 0 heterocycles. The van der Waals surface area contributed by atoms with Gasteiger partial charge in [0.25, 0.3) is 0 Å². The van der Waals surface area contributed by atoms with Crippen LogP contribution in [0.2, 0.25) is 0 Å². The van der Waals surface area contributed by atoms with E-state index in [1.54, 1.807) is 11.8 Å². The Balaban J connectivity index is 1.82. The molecule has 0 N–H and O–H groups in total. The van der Waals surface area contributed by atoms with Gasteiger partial charge in [-0.15, -0.1) is 11.8 Å². The summed E-state index contributed by atoms with van der Waals surface area (Å²) in [6.45, 7) is 0. The van der Waals surface area contributed by atoms with Gasteiger partial charge in [-0.05, 0) is 29.8 Å². The van der Waals surface area contributed by atoms with Gasteiger partial charge >= 0.3 is 0 Å². The van der Waals surface area contributed by atoms with E-state index in [1.807, 2.05) is 60.7 Å². The lowest BCUT2D eigenvalue weighted by atomic mass is 10.0. The number of ketones is 1. The molecule has 3 aromatic rings. The van der Waals surface area contributed by atoms with Gasteiger partial charge in [0.15, 0.2) is 5.78 Å². The second-order valence-electron chi connectivity index (χ2n) is 5.46. The largest absolute Gasteiger partial charge is 0.294 e. The number of hydrogen-bond donors (Lipinski definition) is 0. The van der Waals surface area contributed by atoms with Gasteiger partial charge in [0.05, 0.1) is 0 Å². The Morgan fingerprint density at radius 2 is 1.42 bits per heavy atom. The molecule has 0 saturated carbocycles. The number of benzene rings is 3. The first-order chi connectivity index (χ1) is 11.7. The number of carbonyl (C=O) groups excluding carboxylic acids is 1. The number of rotatable bonds is 6. The molecule has 0 fully saturated rings. The van der Waals surface area contributed by atoms with E-state index in [2.05, 4.69) is 40.2 Å². The molecule has 0 radical (unpaired) electrons. The first-order valence-corrected chi connectivity index (χ1v) is 9.45. The van der Waals surface area contributed by atoms with Crippen LogP contribution in [0.1, 0.15) is 27.6 Å². The summed E-state index contributed by atoms with van der Waals surface area (Å²) in [4.78, 5) is 13.9. The first kappa shape index (κ1) is 17.0. The minimum atomic E-state index is 0.102. The Morgan fingerprint density at radius 1 is 0.833 bits per heavy atom. The maximum Gasteiger partial charge on any atom is 0.164 e. The Labute approximate surface area is 155 Å². The van der Waals surface area contributed by atoms with E-state index in [-0.39, 0.29) is 11.0 Å². The van der Waals surface area contributed by atoms with Crippen LogP contribution in [-0.4, -0.2) is 5.78 Å². The Kier molecular flexibility index (Phi) is 5.89. The van der Waals surface area contributed by atoms with Crippen molar-refractivity contribution in [3.63, 3.8) is 0 Å². The van der Waals surface area contributed by atoms with Gasteiger partial charge in [-0.25, -0.2) is 0 Å². The van der Waals surface area contributed by atoms with Crippen molar-refractivity contribution in [1.29, 1.82) is 0 Å². The molecule has 24 heavy (non-hydrogen) atoms. The molecular formula is C21H17BrOS. The lowest BCUT2D eigenvalue weighted by Gasteiger charge is -2.16. The van der Waals surface area contributed by atoms with Crippen molar-refractivity contribution < 1.29 is 4.79 Å². The standard InChI is InChI=1S/C21H17BrOS/c22-18-13-11-16(12-14-18)20(23)15-21(17-7-3-1-4-8-17)24-19-9-5-2-6-10-19/h1-14,21H,15H2. The molecule has 0 aromatic heterocycles. The average molecular weight is 397 g/mol. The maximum atomic E-state index is 12.7. The topological polar surface area (TPSA) is 17.1 Å². The molecule has 120 valence electrons. The van der Waals surface area contributed by atoms with Crippen LogP contribution in [0.4, 0.5) is 0 Å². The third-order valence-electron chi connectivity index (χ3n) is 3.73. The molecule has 3 heteroatoms. The van der Waals surface area contributed by atoms with Crippen molar-refractivity contribution in [3.05, 3.63) is 101 Å². The Bertz CT molecular complexity index is 785. The maximum absolute atomic E-state index is 12.7. The fraction of sp³-hybridized carbons (Fsp3) is 0.0952. The van der Waals surface area contributed by atoms with Gasteiger partial charge in [-0.2, -0.15) is 0 Å². The molecule has 0 spiro atoms. The number of hydrogen-bond acceptors (Lipinski definition) is 2. The van der Waals surface area contributed by atoms with Gasteiger partial charge in [-0.1, -0.05) is 76.6 Å². The van der Waals surface area contributed by atoms with Crippen LogP contribution in [0.3, 0.4) is 0 Å². The molecule has 1 nitrogen and oxygen atoms in total. The van der Waals surface area contributed by atoms with Crippen LogP contribution in [0.5, 0.6) is 0 Å². The third kappa shape index (κ3) is 4.59. The second kappa shape index (κ2) is 8.32. The summed E-state index contributed by atoms with van der Waals surface area (Å²) in [6, 6.07) is 28.1. The predicted octanol–water partition coefficient (Wildman–Crippen LogP) is 6.56. The van der Waals surface area contributed by atoms with Crippen molar-refractivity contribution >= 4 is 33.5 Å². The highest BCUT2D eigenvalue weighted by molar-refractivity contribution is 9.10. The van der Waals surface area contributed by atoms with E-state index in [0.717, 1.165) is 10.0 Å². The highest BCUT2D eigenvalue weighted by Crippen LogP contribution is 2.38. The molecule has 3 rings (SSSR count). The number of halogens is 1. The average Bonchev–Trinajstić information content (AvgIpc) is 2.63. The lowest BCUT2D eigenvalue weighted by molar-refractivity contribution is 0.0982. The van der Waals surface area contributed by atoms with Gasteiger partial charge in [0.1, 0.15) is 0 Å². The molecular weight excluding hydrogens is 380 g/mol. The zero-order chi connectivity index (χ0) is 16.8. The van der Waals surface area contributed by atoms with Crippen molar-refractivity contribution in [2.45, 2.75) is 16.6 Å². The number of thioether (sulfide) groups is 1. The monoisotopic (exact) mass is 396 g/mol. The van der Waals surface area contributed by atoms with Gasteiger partial charge in [-0.3, -0.25) is 4.79 Å². The lowest BCUT2D eigenvalue weighted by Crippen LogP contribution is -2.05. The smallest absolute Gasteiger partial charge is 0.164 e. The van der Waals surface area contributed by atoms with Crippen molar-refractivity contribution in [2.24, 2.45) is 0 Å². The quantitative estimate of drug-likeness (QED) is 0.346. The summed E-state index contributed by atoms with van der Waals surface area (Å²) in [6.07, 6.45) is 0.477. The summed E-state index contributed by atoms with van der Waals surface area (Å²) < 4.78 is 0.984. The SMILES string of the molecule is O=C(CC(Sc1ccccc1)c1ccccc1)c1ccc(Br)cc1. The third-order valence-corrected chi connectivity index (χ3v) is 5.53. The molecule has 0 bridgehead atoms. The summed E-state index contributed by atoms with van der Waals surface area (Å²) in [5.41, 5.74) is 1.93. The Morgan fingerprint density at radius 3 is 2.04 bits per heavy atom. The van der Waals surface area contributed by atoms with Crippen molar-refractivity contribution in [1.82, 2.24) is 0 Å². The molecule has 0 amide bonds. The van der Waals surface area contributed by atoms with Crippen LogP contribution < -0.4 is 0 Å². The van der Waals surface area contributed by atoms with E-state index >= 15 is 0 Å². The molecule has 1 atom stereocenters. The van der Waals surface area contributed by atoms with Crippen molar-refractivity contribution in [3.8, 4) is 0 Å². The van der Waals surface area contributed by atoms with Gasteiger partial charge < -0.3 is 0 Å². The number of carbonyl (C=O) groups is 1. The van der Waals surface area contributed by atoms with Crippen LogP contribution in [-0.2, 0) is 0 Å². The van der Waals surface area contributed by atoms with E-state index < -0.39 is 0 Å². The van der Waals surface area contributed by atoms with E-state index in [1.165, 1.54) is 10.5 Å². The first-order valence-electron chi connectivity index (χ1n) is 7.78. The minimum Gasteiger partial charge on any atom is -0.294 e. The van der Waals surface area contributed by atoms with E-state index in [9.17, 15) is 4.79 Å². The number of Topliss-reactive ketones (excluding diaryl/α,β-unsaturated/α-hetero) is 1. The van der Waals surface area contributed by atoms with Gasteiger partial charge in [0.2, 0.25) is 0 Å². The summed E-state index contributed by atoms with van der Waals surface area (Å²) in [7, 11) is 0. The zero-order valence-corrected chi connectivity index (χ0v) is 15.5. The fourth-order valence-corrected chi connectivity index (χ4v) is 3.92. The summed E-state index contributed by atoms with van der Waals surface area (Å²) >= 11 is 5.15. The van der Waals surface area contributed by atoms with Gasteiger partial charge in [0, 0.05) is 26.6 Å². The van der Waals surface area contributed by atoms with Crippen LogP contribution >= 0.6 is 27.7 Å². The highest BCUT2D eigenvalue weighted by atomic mass is 79.9. The van der Waals surface area contributed by atoms with Crippen LogP contribution in [0.15, 0.2) is 94.3 Å². The van der Waals surface area contributed by atoms with E-state index in [4.69, 9.17) is 0 Å². The molecule has 0 aliphatic carbocycles. The zero-order valence-electron chi connectivity index (χ0n) is 13.1. The normalized spacial score (nSPS) is 11.9. The minimum absolute atomic E-state index is 0.102.